The molecule has 3 atom stereocenters. The fourth-order valence-electron chi connectivity index (χ4n) is 2.94. The van der Waals surface area contributed by atoms with Gasteiger partial charge in [0.25, 0.3) is 0 Å². The third kappa shape index (κ3) is 2.34. The number of para-hydroxylation sites is 1. The van der Waals surface area contributed by atoms with Crippen LogP contribution in [0.5, 0.6) is 0 Å². The van der Waals surface area contributed by atoms with Crippen molar-refractivity contribution in [3.63, 3.8) is 0 Å². The molecule has 1 aliphatic heterocycles. The molecular formula is C15H19N3O. The van der Waals surface area contributed by atoms with E-state index < -0.39 is 0 Å². The summed E-state index contributed by atoms with van der Waals surface area (Å²) in [5.41, 5.74) is 5.13. The van der Waals surface area contributed by atoms with Crippen LogP contribution in [0.4, 0.5) is 0 Å². The average Bonchev–Trinajstić information content (AvgIpc) is 2.86. The fraction of sp³-hybridized carbons (Fsp3) is 0.400. The van der Waals surface area contributed by atoms with Gasteiger partial charge in [0.2, 0.25) is 0 Å². The molecule has 3 N–H and O–H groups in total. The van der Waals surface area contributed by atoms with Crippen molar-refractivity contribution in [3.05, 3.63) is 42.1 Å². The van der Waals surface area contributed by atoms with Crippen LogP contribution < -0.4 is 11.3 Å². The number of nitrogens with two attached hydrogens (primary N) is 1. The maximum absolute atomic E-state index is 5.79. The third-order valence-electron chi connectivity index (χ3n) is 3.88. The molecule has 0 spiro atoms. The number of fused-ring (bicyclic) bond motifs is 1. The van der Waals surface area contributed by atoms with Gasteiger partial charge in [-0.3, -0.25) is 16.3 Å². The molecule has 1 fully saturated rings. The van der Waals surface area contributed by atoms with Gasteiger partial charge in [-0.15, -0.1) is 0 Å². The smallest absolute Gasteiger partial charge is 0.0750 e. The highest BCUT2D eigenvalue weighted by Crippen LogP contribution is 2.33. The summed E-state index contributed by atoms with van der Waals surface area (Å²) in [6, 6.07) is 10.4. The van der Waals surface area contributed by atoms with Crippen molar-refractivity contribution in [2.24, 2.45) is 11.8 Å². The number of nitrogens with one attached hydrogen (secondary N) is 1. The van der Waals surface area contributed by atoms with E-state index in [9.17, 15) is 0 Å². The SMILES string of the molecule is CC1CC(C(NN)c2cccc3cccnc23)CO1. The van der Waals surface area contributed by atoms with Gasteiger partial charge in [-0.25, -0.2) is 0 Å². The highest BCUT2D eigenvalue weighted by Gasteiger charge is 2.31. The molecule has 2 heterocycles. The molecule has 1 aliphatic rings. The molecular weight excluding hydrogens is 238 g/mol. The molecule has 0 saturated carbocycles. The van der Waals surface area contributed by atoms with E-state index in [0.717, 1.165) is 29.5 Å². The van der Waals surface area contributed by atoms with Crippen molar-refractivity contribution in [2.45, 2.75) is 25.5 Å². The van der Waals surface area contributed by atoms with Gasteiger partial charge in [0.05, 0.1) is 24.3 Å². The van der Waals surface area contributed by atoms with Crippen molar-refractivity contribution in [1.82, 2.24) is 10.4 Å². The Morgan fingerprint density at radius 2 is 2.21 bits per heavy atom. The monoisotopic (exact) mass is 257 g/mol. The first-order valence-corrected chi connectivity index (χ1v) is 6.71. The highest BCUT2D eigenvalue weighted by atomic mass is 16.5. The van der Waals surface area contributed by atoms with Crippen LogP contribution in [0.2, 0.25) is 0 Å². The summed E-state index contributed by atoms with van der Waals surface area (Å²) in [5.74, 6) is 6.18. The maximum atomic E-state index is 5.79. The minimum Gasteiger partial charge on any atom is -0.378 e. The van der Waals surface area contributed by atoms with Crippen molar-refractivity contribution in [3.8, 4) is 0 Å². The molecule has 0 bridgehead atoms. The Bertz CT molecular complexity index is 567. The van der Waals surface area contributed by atoms with E-state index in [0.29, 0.717) is 12.0 Å². The largest absolute Gasteiger partial charge is 0.378 e. The van der Waals surface area contributed by atoms with E-state index in [2.05, 4.69) is 41.6 Å². The van der Waals surface area contributed by atoms with Crippen LogP contribution in [0.3, 0.4) is 0 Å². The minimum atomic E-state index is 0.0866. The van der Waals surface area contributed by atoms with Crippen LogP contribution in [0.15, 0.2) is 36.5 Å². The molecule has 100 valence electrons. The van der Waals surface area contributed by atoms with E-state index in [4.69, 9.17) is 10.6 Å². The van der Waals surface area contributed by atoms with E-state index in [1.165, 1.54) is 0 Å². The number of benzene rings is 1. The second-order valence-electron chi connectivity index (χ2n) is 5.21. The summed E-state index contributed by atoms with van der Waals surface area (Å²) in [5, 5.41) is 1.15. The second kappa shape index (κ2) is 5.25. The van der Waals surface area contributed by atoms with Crippen LogP contribution >= 0.6 is 0 Å². The molecule has 1 aromatic carbocycles. The first-order chi connectivity index (χ1) is 9.29. The Kier molecular flexibility index (Phi) is 3.46. The van der Waals surface area contributed by atoms with Gasteiger partial charge in [0, 0.05) is 17.5 Å². The van der Waals surface area contributed by atoms with Crippen LogP contribution in [0.25, 0.3) is 10.9 Å². The summed E-state index contributed by atoms with van der Waals surface area (Å²) in [7, 11) is 0. The molecule has 1 saturated heterocycles. The van der Waals surface area contributed by atoms with Gasteiger partial charge >= 0.3 is 0 Å². The van der Waals surface area contributed by atoms with Crippen LogP contribution in [0.1, 0.15) is 24.9 Å². The molecule has 4 heteroatoms. The number of nitrogens with zero attached hydrogens (tertiary/aromatic N) is 1. The molecule has 3 unspecified atom stereocenters. The maximum Gasteiger partial charge on any atom is 0.0750 e. The van der Waals surface area contributed by atoms with Crippen LogP contribution in [-0.4, -0.2) is 17.7 Å². The zero-order chi connectivity index (χ0) is 13.2. The first kappa shape index (κ1) is 12.5. The summed E-state index contributed by atoms with van der Waals surface area (Å²) in [6.07, 6.45) is 3.16. The second-order valence-corrected chi connectivity index (χ2v) is 5.21. The Hall–Kier alpha value is -1.49. The molecule has 0 radical (unpaired) electrons. The van der Waals surface area contributed by atoms with Crippen molar-refractivity contribution >= 4 is 10.9 Å². The molecule has 4 nitrogen and oxygen atoms in total. The standard InChI is InChI=1S/C15H19N3O/c1-10-8-12(9-19-10)15(18-16)13-6-2-4-11-5-3-7-17-14(11)13/h2-7,10,12,15,18H,8-9,16H2,1H3. The number of hydrogen-bond acceptors (Lipinski definition) is 4. The topological polar surface area (TPSA) is 60.2 Å². The van der Waals surface area contributed by atoms with Crippen molar-refractivity contribution in [1.29, 1.82) is 0 Å². The average molecular weight is 257 g/mol. The summed E-state index contributed by atoms with van der Waals surface area (Å²) in [4.78, 5) is 4.50. The van der Waals surface area contributed by atoms with E-state index in [1.807, 2.05) is 12.3 Å². The molecule has 0 amide bonds. The zero-order valence-corrected chi connectivity index (χ0v) is 11.0. The predicted octanol–water partition coefficient (Wildman–Crippen LogP) is 2.16. The number of rotatable bonds is 3. The van der Waals surface area contributed by atoms with Gasteiger partial charge in [0.1, 0.15) is 0 Å². The molecule has 3 rings (SSSR count). The Morgan fingerprint density at radius 3 is 2.95 bits per heavy atom. The van der Waals surface area contributed by atoms with Gasteiger partial charge in [0.15, 0.2) is 0 Å². The quantitative estimate of drug-likeness (QED) is 0.653. The predicted molar refractivity (Wildman–Crippen MR) is 75.3 cm³/mol. The van der Waals surface area contributed by atoms with Gasteiger partial charge in [-0.1, -0.05) is 24.3 Å². The molecule has 2 aromatic rings. The summed E-state index contributed by atoms with van der Waals surface area (Å²) < 4.78 is 5.67. The minimum absolute atomic E-state index is 0.0866. The number of ether oxygens (including phenoxy) is 1. The Morgan fingerprint density at radius 1 is 1.37 bits per heavy atom. The number of aromatic nitrogens is 1. The summed E-state index contributed by atoms with van der Waals surface area (Å²) >= 11 is 0. The van der Waals surface area contributed by atoms with Crippen molar-refractivity contribution < 1.29 is 4.74 Å². The van der Waals surface area contributed by atoms with E-state index in [-0.39, 0.29) is 6.04 Å². The van der Waals surface area contributed by atoms with E-state index in [1.54, 1.807) is 0 Å². The van der Waals surface area contributed by atoms with Gasteiger partial charge in [-0.05, 0) is 25.0 Å². The normalized spacial score (nSPS) is 24.7. The lowest BCUT2D eigenvalue weighted by Gasteiger charge is -2.23. The Balaban J connectivity index is 2.01. The molecule has 1 aromatic heterocycles. The lowest BCUT2D eigenvalue weighted by atomic mass is 9.90. The van der Waals surface area contributed by atoms with Crippen LogP contribution in [-0.2, 0) is 4.74 Å². The summed E-state index contributed by atoms with van der Waals surface area (Å²) in [6.45, 7) is 2.86. The Labute approximate surface area is 112 Å². The lowest BCUT2D eigenvalue weighted by molar-refractivity contribution is 0.117. The van der Waals surface area contributed by atoms with Crippen LogP contribution in [0, 0.1) is 5.92 Å². The van der Waals surface area contributed by atoms with Crippen molar-refractivity contribution in [2.75, 3.05) is 6.61 Å². The lowest BCUT2D eigenvalue weighted by Crippen LogP contribution is -2.34. The number of hydrogen-bond donors (Lipinski definition) is 2. The zero-order valence-electron chi connectivity index (χ0n) is 11.0. The molecule has 19 heavy (non-hydrogen) atoms. The number of pyridine rings is 1. The van der Waals surface area contributed by atoms with Gasteiger partial charge < -0.3 is 4.74 Å². The fourth-order valence-corrected chi connectivity index (χ4v) is 2.94. The van der Waals surface area contributed by atoms with Gasteiger partial charge in [-0.2, -0.15) is 0 Å². The highest BCUT2D eigenvalue weighted by molar-refractivity contribution is 5.82. The van der Waals surface area contributed by atoms with E-state index >= 15 is 0 Å². The first-order valence-electron chi connectivity index (χ1n) is 6.71. The molecule has 0 aliphatic carbocycles. The number of hydrazine groups is 1. The third-order valence-corrected chi connectivity index (χ3v) is 3.88.